The van der Waals surface area contributed by atoms with E-state index in [0.717, 1.165) is 22.6 Å². The molecule has 0 bridgehead atoms. The highest BCUT2D eigenvalue weighted by Gasteiger charge is 2.35. The second kappa shape index (κ2) is 9.76. The number of amides is 1. The van der Waals surface area contributed by atoms with Crippen LogP contribution in [0.5, 0.6) is 5.75 Å². The van der Waals surface area contributed by atoms with Crippen molar-refractivity contribution in [2.45, 2.75) is 26.3 Å². The van der Waals surface area contributed by atoms with Crippen molar-refractivity contribution in [3.05, 3.63) is 82.0 Å². The lowest BCUT2D eigenvalue weighted by Gasteiger charge is -2.23. The third kappa shape index (κ3) is 5.09. The van der Waals surface area contributed by atoms with Gasteiger partial charge >= 0.3 is 0 Å². The van der Waals surface area contributed by atoms with Crippen LogP contribution in [0.2, 0.25) is 0 Å². The molecule has 3 aromatic rings. The first-order valence-corrected chi connectivity index (χ1v) is 13.2. The van der Waals surface area contributed by atoms with Gasteiger partial charge in [0.05, 0.1) is 29.0 Å². The van der Waals surface area contributed by atoms with Crippen LogP contribution in [0.4, 0.5) is 5.69 Å². The molecule has 2 aromatic carbocycles. The summed E-state index contributed by atoms with van der Waals surface area (Å²) in [6.45, 7) is 4.03. The van der Waals surface area contributed by atoms with E-state index in [-0.39, 0.29) is 17.7 Å². The molecule has 0 aliphatic carbocycles. The standard InChI is InChI=1S/C24H25N3O4S2/c1-3-31-22-9-6-5-8-19(22)21-16-20(25-27(21)24(28)23-10-7-15-32-23)17-11-13-18(14-12-17)26-33(29,30)4-2/h5-15,21,26H,3-4,16H2,1-2H3/t21-/m1/s1. The Morgan fingerprint density at radius 3 is 2.55 bits per heavy atom. The number of hydrogen-bond acceptors (Lipinski definition) is 6. The number of anilines is 1. The molecule has 0 fully saturated rings. The number of hydrazone groups is 1. The fourth-order valence-electron chi connectivity index (χ4n) is 3.65. The number of thiophene rings is 1. The normalized spacial score (nSPS) is 15.9. The second-order valence-electron chi connectivity index (χ2n) is 7.45. The third-order valence-corrected chi connectivity index (χ3v) is 7.46. The molecule has 9 heteroatoms. The maximum atomic E-state index is 13.3. The average Bonchev–Trinajstić information content (AvgIpc) is 3.50. The average molecular weight is 484 g/mol. The highest BCUT2D eigenvalue weighted by Crippen LogP contribution is 2.38. The van der Waals surface area contributed by atoms with E-state index in [9.17, 15) is 13.2 Å². The van der Waals surface area contributed by atoms with Crippen LogP contribution in [-0.2, 0) is 10.0 Å². The largest absolute Gasteiger partial charge is 0.494 e. The van der Waals surface area contributed by atoms with Crippen LogP contribution in [-0.4, -0.2) is 37.4 Å². The lowest BCUT2D eigenvalue weighted by Crippen LogP contribution is -2.26. The van der Waals surface area contributed by atoms with Gasteiger partial charge in [-0.1, -0.05) is 36.4 Å². The summed E-state index contributed by atoms with van der Waals surface area (Å²) in [6.07, 6.45) is 0.515. The van der Waals surface area contributed by atoms with Gasteiger partial charge in [-0.05, 0) is 49.1 Å². The summed E-state index contributed by atoms with van der Waals surface area (Å²) >= 11 is 1.38. The summed E-state index contributed by atoms with van der Waals surface area (Å²) in [5.41, 5.74) is 2.97. The second-order valence-corrected chi connectivity index (χ2v) is 10.4. The Bertz CT molecular complexity index is 1250. The molecule has 7 nitrogen and oxygen atoms in total. The van der Waals surface area contributed by atoms with Crippen LogP contribution < -0.4 is 9.46 Å². The monoisotopic (exact) mass is 483 g/mol. The fraction of sp³-hybridized carbons (Fsp3) is 0.250. The predicted molar refractivity (Wildman–Crippen MR) is 132 cm³/mol. The molecule has 0 spiro atoms. The van der Waals surface area contributed by atoms with E-state index in [1.165, 1.54) is 16.3 Å². The number of ether oxygens (including phenoxy) is 1. The van der Waals surface area contributed by atoms with E-state index in [2.05, 4.69) is 4.72 Å². The molecule has 33 heavy (non-hydrogen) atoms. The summed E-state index contributed by atoms with van der Waals surface area (Å²) in [5.74, 6) is 0.570. The quantitative estimate of drug-likeness (QED) is 0.494. The van der Waals surface area contributed by atoms with E-state index in [1.54, 1.807) is 25.1 Å². The number of sulfonamides is 1. The number of para-hydroxylation sites is 1. The Kier molecular flexibility index (Phi) is 6.80. The summed E-state index contributed by atoms with van der Waals surface area (Å²) in [5, 5.41) is 8.11. The van der Waals surface area contributed by atoms with Gasteiger partial charge in [0.2, 0.25) is 10.0 Å². The Morgan fingerprint density at radius 2 is 1.88 bits per heavy atom. The molecular weight excluding hydrogens is 458 g/mol. The highest BCUT2D eigenvalue weighted by molar-refractivity contribution is 7.92. The summed E-state index contributed by atoms with van der Waals surface area (Å²) < 4.78 is 32.0. The maximum Gasteiger partial charge on any atom is 0.284 e. The molecule has 4 rings (SSSR count). The van der Waals surface area contributed by atoms with Crippen molar-refractivity contribution < 1.29 is 17.9 Å². The minimum atomic E-state index is -3.35. The first-order valence-electron chi connectivity index (χ1n) is 10.7. The molecule has 0 unspecified atom stereocenters. The van der Waals surface area contributed by atoms with Crippen molar-refractivity contribution in [2.75, 3.05) is 17.1 Å². The Hall–Kier alpha value is -3.17. The van der Waals surface area contributed by atoms with Crippen LogP contribution in [0.3, 0.4) is 0 Å². The first-order chi connectivity index (χ1) is 15.9. The molecule has 0 saturated carbocycles. The fourth-order valence-corrected chi connectivity index (χ4v) is 4.95. The minimum absolute atomic E-state index is 0.00215. The van der Waals surface area contributed by atoms with Gasteiger partial charge in [0.15, 0.2) is 0 Å². The van der Waals surface area contributed by atoms with Crippen molar-refractivity contribution >= 4 is 38.7 Å². The third-order valence-electron chi connectivity index (χ3n) is 5.30. The number of hydrogen-bond donors (Lipinski definition) is 1. The zero-order chi connectivity index (χ0) is 23.4. The zero-order valence-corrected chi connectivity index (χ0v) is 20.0. The van der Waals surface area contributed by atoms with Crippen molar-refractivity contribution in [2.24, 2.45) is 5.10 Å². The highest BCUT2D eigenvalue weighted by atomic mass is 32.2. The van der Waals surface area contributed by atoms with Crippen LogP contribution in [0.1, 0.15) is 47.1 Å². The molecule has 0 saturated heterocycles. The van der Waals surface area contributed by atoms with E-state index in [0.29, 0.717) is 23.6 Å². The minimum Gasteiger partial charge on any atom is -0.494 e. The Balaban J connectivity index is 1.67. The maximum absolute atomic E-state index is 13.3. The SMILES string of the molecule is CCOc1ccccc1[C@H]1CC(c2ccc(NS(=O)(=O)CC)cc2)=NN1C(=O)c1cccs1. The van der Waals surface area contributed by atoms with Crippen LogP contribution in [0, 0.1) is 0 Å². The van der Waals surface area contributed by atoms with Crippen LogP contribution in [0.25, 0.3) is 0 Å². The number of rotatable bonds is 8. The number of carbonyl (C=O) groups excluding carboxylic acids is 1. The molecule has 1 aliphatic rings. The summed E-state index contributed by atoms with van der Waals surface area (Å²) in [7, 11) is -3.35. The van der Waals surface area contributed by atoms with E-state index >= 15 is 0 Å². The van der Waals surface area contributed by atoms with Gasteiger partial charge in [-0.25, -0.2) is 13.4 Å². The van der Waals surface area contributed by atoms with Crippen molar-refractivity contribution in [3.63, 3.8) is 0 Å². The van der Waals surface area contributed by atoms with Crippen molar-refractivity contribution in [1.82, 2.24) is 5.01 Å². The van der Waals surface area contributed by atoms with Crippen molar-refractivity contribution in [3.8, 4) is 5.75 Å². The smallest absolute Gasteiger partial charge is 0.284 e. The van der Waals surface area contributed by atoms with Gasteiger partial charge in [0, 0.05) is 17.7 Å². The molecule has 2 heterocycles. The number of nitrogens with one attached hydrogen (secondary N) is 1. The van der Waals surface area contributed by atoms with Crippen LogP contribution in [0.15, 0.2) is 71.1 Å². The van der Waals surface area contributed by atoms with E-state index < -0.39 is 10.0 Å². The van der Waals surface area contributed by atoms with Gasteiger partial charge in [-0.15, -0.1) is 11.3 Å². The molecule has 1 N–H and O–H groups in total. The first kappa shape index (κ1) is 23.0. The summed E-state index contributed by atoms with van der Waals surface area (Å²) in [4.78, 5) is 13.9. The predicted octanol–water partition coefficient (Wildman–Crippen LogP) is 4.90. The molecule has 1 atom stereocenters. The molecule has 172 valence electrons. The zero-order valence-electron chi connectivity index (χ0n) is 18.4. The number of carbonyl (C=O) groups is 1. The Labute approximate surface area is 197 Å². The van der Waals surface area contributed by atoms with Gasteiger partial charge in [0.1, 0.15) is 5.75 Å². The molecule has 1 aromatic heterocycles. The molecular formula is C24H25N3O4S2. The van der Waals surface area contributed by atoms with E-state index in [4.69, 9.17) is 9.84 Å². The summed E-state index contributed by atoms with van der Waals surface area (Å²) in [6, 6.07) is 18.1. The lowest BCUT2D eigenvalue weighted by molar-refractivity contribution is 0.0714. The Morgan fingerprint density at radius 1 is 1.12 bits per heavy atom. The number of nitrogens with zero attached hydrogens (tertiary/aromatic N) is 2. The lowest BCUT2D eigenvalue weighted by atomic mass is 9.97. The van der Waals surface area contributed by atoms with Gasteiger partial charge in [0.25, 0.3) is 5.91 Å². The van der Waals surface area contributed by atoms with Gasteiger partial charge in [-0.2, -0.15) is 5.10 Å². The molecule has 1 amide bonds. The number of benzene rings is 2. The van der Waals surface area contributed by atoms with Gasteiger partial charge in [-0.3, -0.25) is 9.52 Å². The molecule has 1 aliphatic heterocycles. The topological polar surface area (TPSA) is 88.1 Å². The van der Waals surface area contributed by atoms with E-state index in [1.807, 2.05) is 54.8 Å². The van der Waals surface area contributed by atoms with Crippen molar-refractivity contribution in [1.29, 1.82) is 0 Å². The molecule has 0 radical (unpaired) electrons. The van der Waals surface area contributed by atoms with Crippen LogP contribution >= 0.6 is 11.3 Å². The van der Waals surface area contributed by atoms with Gasteiger partial charge < -0.3 is 4.74 Å².